The summed E-state index contributed by atoms with van der Waals surface area (Å²) in [5.41, 5.74) is 1.35. The van der Waals surface area contributed by atoms with Gasteiger partial charge in [0.05, 0.1) is 12.7 Å². The molecule has 1 aromatic rings. The lowest BCUT2D eigenvalue weighted by atomic mass is 10.2. The average molecular weight is 177 g/mol. The van der Waals surface area contributed by atoms with Gasteiger partial charge in [-0.3, -0.25) is 0 Å². The van der Waals surface area contributed by atoms with Gasteiger partial charge in [-0.2, -0.15) is 0 Å². The number of ether oxygens (including phenoxy) is 1. The van der Waals surface area contributed by atoms with Crippen LogP contribution in [-0.2, 0) is 11.3 Å². The van der Waals surface area contributed by atoms with Crippen molar-refractivity contribution in [1.29, 1.82) is 0 Å². The molecule has 0 spiro atoms. The van der Waals surface area contributed by atoms with E-state index in [1.807, 2.05) is 6.07 Å². The lowest BCUT2D eigenvalue weighted by Gasteiger charge is -2.02. The van der Waals surface area contributed by atoms with Gasteiger partial charge in [0.1, 0.15) is 0 Å². The molecule has 0 aromatic heterocycles. The third-order valence-corrected chi connectivity index (χ3v) is 2.22. The van der Waals surface area contributed by atoms with Crippen molar-refractivity contribution in [2.24, 2.45) is 0 Å². The molecule has 0 radical (unpaired) electrons. The largest absolute Gasteiger partial charge is 0.373 e. The van der Waals surface area contributed by atoms with Gasteiger partial charge in [-0.15, -0.1) is 0 Å². The van der Waals surface area contributed by atoms with Gasteiger partial charge in [0, 0.05) is 6.54 Å². The Bertz CT molecular complexity index is 244. The van der Waals surface area contributed by atoms with Crippen molar-refractivity contribution in [3.63, 3.8) is 0 Å². The van der Waals surface area contributed by atoms with Crippen LogP contribution >= 0.6 is 0 Å². The number of hydrogen-bond acceptors (Lipinski definition) is 2. The number of epoxide rings is 1. The minimum absolute atomic E-state index is 0.545. The zero-order chi connectivity index (χ0) is 8.93. The van der Waals surface area contributed by atoms with Crippen LogP contribution in [0.25, 0.3) is 0 Å². The minimum atomic E-state index is 0.545. The Morgan fingerprint density at radius 2 is 2.08 bits per heavy atom. The van der Waals surface area contributed by atoms with Crippen molar-refractivity contribution in [1.82, 2.24) is 5.32 Å². The van der Waals surface area contributed by atoms with Crippen LogP contribution in [0.4, 0.5) is 0 Å². The zero-order valence-corrected chi connectivity index (χ0v) is 7.70. The van der Waals surface area contributed by atoms with Crippen molar-refractivity contribution in [2.75, 3.05) is 13.2 Å². The van der Waals surface area contributed by atoms with E-state index < -0.39 is 0 Å². The highest BCUT2D eigenvalue weighted by atomic mass is 16.6. The van der Waals surface area contributed by atoms with Gasteiger partial charge < -0.3 is 10.1 Å². The van der Waals surface area contributed by atoms with E-state index in [0.717, 1.165) is 26.1 Å². The molecule has 13 heavy (non-hydrogen) atoms. The lowest BCUT2D eigenvalue weighted by Crippen LogP contribution is -2.16. The summed E-state index contributed by atoms with van der Waals surface area (Å²) in [7, 11) is 0. The maximum absolute atomic E-state index is 5.12. The molecule has 0 unspecified atom stereocenters. The molecule has 70 valence electrons. The first-order valence-electron chi connectivity index (χ1n) is 4.81. The van der Waals surface area contributed by atoms with Crippen LogP contribution in [0.15, 0.2) is 30.3 Å². The fourth-order valence-corrected chi connectivity index (χ4v) is 1.33. The van der Waals surface area contributed by atoms with Crippen molar-refractivity contribution >= 4 is 0 Å². The molecule has 1 N–H and O–H groups in total. The molecule has 1 aliphatic heterocycles. The second-order valence-corrected chi connectivity index (χ2v) is 3.41. The Balaban J connectivity index is 1.61. The second-order valence-electron chi connectivity index (χ2n) is 3.41. The Hall–Kier alpha value is -0.860. The molecule has 0 saturated carbocycles. The first-order valence-corrected chi connectivity index (χ1v) is 4.81. The molecule has 2 rings (SSSR count). The minimum Gasteiger partial charge on any atom is -0.373 e. The monoisotopic (exact) mass is 177 g/mol. The van der Waals surface area contributed by atoms with Crippen molar-refractivity contribution < 1.29 is 4.74 Å². The first kappa shape index (κ1) is 8.73. The van der Waals surface area contributed by atoms with Gasteiger partial charge in [0.25, 0.3) is 0 Å². The predicted octanol–water partition coefficient (Wildman–Crippen LogP) is 1.57. The third kappa shape index (κ3) is 3.17. The summed E-state index contributed by atoms with van der Waals surface area (Å²) in [5, 5.41) is 3.39. The van der Waals surface area contributed by atoms with Crippen LogP contribution in [0.2, 0.25) is 0 Å². The Labute approximate surface area is 78.9 Å². The van der Waals surface area contributed by atoms with E-state index in [-0.39, 0.29) is 0 Å². The van der Waals surface area contributed by atoms with Crippen LogP contribution in [0.3, 0.4) is 0 Å². The van der Waals surface area contributed by atoms with E-state index in [1.165, 1.54) is 5.56 Å². The van der Waals surface area contributed by atoms with E-state index in [4.69, 9.17) is 4.74 Å². The molecule has 1 saturated heterocycles. The number of nitrogens with one attached hydrogen (secondary N) is 1. The maximum atomic E-state index is 5.12. The summed E-state index contributed by atoms with van der Waals surface area (Å²) in [6.07, 6.45) is 1.69. The number of benzene rings is 1. The highest BCUT2D eigenvalue weighted by Gasteiger charge is 2.20. The molecule has 1 aromatic carbocycles. The topological polar surface area (TPSA) is 24.6 Å². The summed E-state index contributed by atoms with van der Waals surface area (Å²) in [6, 6.07) is 10.5. The standard InChI is InChI=1S/C11H15NO/c1-2-4-10(5-3-1)8-12-7-6-11-9-13-11/h1-5,11-12H,6-9H2/t11-/m0/s1. The van der Waals surface area contributed by atoms with Crippen molar-refractivity contribution in [3.05, 3.63) is 35.9 Å². The summed E-state index contributed by atoms with van der Waals surface area (Å²) in [4.78, 5) is 0. The zero-order valence-electron chi connectivity index (χ0n) is 7.70. The van der Waals surface area contributed by atoms with E-state index >= 15 is 0 Å². The number of rotatable bonds is 5. The van der Waals surface area contributed by atoms with Gasteiger partial charge in [-0.1, -0.05) is 30.3 Å². The van der Waals surface area contributed by atoms with Gasteiger partial charge in [-0.05, 0) is 18.5 Å². The SMILES string of the molecule is c1ccc(CNCC[C@H]2CO2)cc1. The van der Waals surface area contributed by atoms with Crippen molar-refractivity contribution in [3.8, 4) is 0 Å². The second kappa shape index (κ2) is 4.40. The Kier molecular flexibility index (Phi) is 2.95. The fourth-order valence-electron chi connectivity index (χ4n) is 1.33. The van der Waals surface area contributed by atoms with Crippen LogP contribution in [0.5, 0.6) is 0 Å². The van der Waals surface area contributed by atoms with E-state index in [0.29, 0.717) is 6.10 Å². The van der Waals surface area contributed by atoms with E-state index in [2.05, 4.69) is 29.6 Å². The van der Waals surface area contributed by atoms with Gasteiger partial charge in [0.15, 0.2) is 0 Å². The van der Waals surface area contributed by atoms with Crippen LogP contribution in [-0.4, -0.2) is 19.3 Å². The summed E-state index contributed by atoms with van der Waals surface area (Å²) in [5.74, 6) is 0. The molecule has 0 aliphatic carbocycles. The lowest BCUT2D eigenvalue weighted by molar-refractivity contribution is 0.392. The third-order valence-electron chi connectivity index (χ3n) is 2.22. The number of hydrogen-bond donors (Lipinski definition) is 1. The molecular formula is C11H15NO. The fraction of sp³-hybridized carbons (Fsp3) is 0.455. The van der Waals surface area contributed by atoms with E-state index in [1.54, 1.807) is 0 Å². The van der Waals surface area contributed by atoms with E-state index in [9.17, 15) is 0 Å². The first-order chi connectivity index (χ1) is 6.45. The summed E-state index contributed by atoms with van der Waals surface area (Å²) in [6.45, 7) is 2.99. The van der Waals surface area contributed by atoms with Gasteiger partial charge >= 0.3 is 0 Å². The molecule has 1 heterocycles. The van der Waals surface area contributed by atoms with Crippen LogP contribution in [0, 0.1) is 0 Å². The highest BCUT2D eigenvalue weighted by Crippen LogP contribution is 2.11. The van der Waals surface area contributed by atoms with Crippen molar-refractivity contribution in [2.45, 2.75) is 19.1 Å². The molecular weight excluding hydrogens is 162 g/mol. The Morgan fingerprint density at radius 3 is 2.77 bits per heavy atom. The average Bonchev–Trinajstić information content (AvgIpc) is 2.98. The molecule has 1 atom stereocenters. The quantitative estimate of drug-likeness (QED) is 0.545. The predicted molar refractivity (Wildman–Crippen MR) is 52.5 cm³/mol. The van der Waals surface area contributed by atoms with Crippen LogP contribution in [0.1, 0.15) is 12.0 Å². The molecule has 2 heteroatoms. The van der Waals surface area contributed by atoms with Gasteiger partial charge in [-0.25, -0.2) is 0 Å². The molecule has 2 nitrogen and oxygen atoms in total. The smallest absolute Gasteiger partial charge is 0.0822 e. The Morgan fingerprint density at radius 1 is 1.31 bits per heavy atom. The summed E-state index contributed by atoms with van der Waals surface area (Å²) >= 11 is 0. The summed E-state index contributed by atoms with van der Waals surface area (Å²) < 4.78 is 5.12. The maximum Gasteiger partial charge on any atom is 0.0822 e. The molecule has 1 aliphatic rings. The molecule has 1 fully saturated rings. The molecule has 0 amide bonds. The van der Waals surface area contributed by atoms with Crippen LogP contribution < -0.4 is 5.32 Å². The normalized spacial score (nSPS) is 20.2. The molecule has 0 bridgehead atoms. The van der Waals surface area contributed by atoms with Gasteiger partial charge in [0.2, 0.25) is 0 Å². The highest BCUT2D eigenvalue weighted by molar-refractivity contribution is 5.14.